The first-order valence-corrected chi connectivity index (χ1v) is 13.1. The second kappa shape index (κ2) is 11.2. The van der Waals surface area contributed by atoms with Gasteiger partial charge in [0.05, 0.1) is 22.4 Å². The van der Waals surface area contributed by atoms with Crippen LogP contribution in [-0.2, 0) is 9.53 Å². The molecular weight excluding hydrogens is 595 g/mol. The van der Waals surface area contributed by atoms with Crippen LogP contribution in [0.15, 0.2) is 81.8 Å². The van der Waals surface area contributed by atoms with Crippen LogP contribution in [0, 0.1) is 5.82 Å². The summed E-state index contributed by atoms with van der Waals surface area (Å²) in [7, 11) is 1.44. The molecule has 2 aromatic carbocycles. The van der Waals surface area contributed by atoms with Gasteiger partial charge in [0, 0.05) is 29.0 Å². The molecule has 0 aliphatic carbocycles. The highest BCUT2D eigenvalue weighted by molar-refractivity contribution is 9.10. The highest BCUT2D eigenvalue weighted by Crippen LogP contribution is 2.44. The van der Waals surface area contributed by atoms with Crippen molar-refractivity contribution in [1.82, 2.24) is 10.3 Å². The van der Waals surface area contributed by atoms with Crippen molar-refractivity contribution in [2.45, 2.75) is 12.1 Å². The first-order chi connectivity index (χ1) is 18.4. The van der Waals surface area contributed by atoms with E-state index in [4.69, 9.17) is 33.0 Å². The van der Waals surface area contributed by atoms with Crippen LogP contribution in [0.25, 0.3) is 11.3 Å². The normalized spacial score (nSPS) is 16.9. The van der Waals surface area contributed by atoms with Gasteiger partial charge in [-0.3, -0.25) is 9.78 Å². The van der Waals surface area contributed by atoms with Gasteiger partial charge in [0.1, 0.15) is 30.0 Å². The van der Waals surface area contributed by atoms with Crippen molar-refractivity contribution in [2.24, 2.45) is 0 Å². The Bertz CT molecular complexity index is 1500. The second-order valence-electron chi connectivity index (χ2n) is 8.47. The smallest absolute Gasteiger partial charge is 0.250 e. The van der Waals surface area contributed by atoms with Crippen LogP contribution in [0.5, 0.6) is 0 Å². The van der Waals surface area contributed by atoms with Gasteiger partial charge >= 0.3 is 0 Å². The summed E-state index contributed by atoms with van der Waals surface area (Å²) in [5.74, 6) is 0.521. The minimum absolute atomic E-state index is 0.0863. The van der Waals surface area contributed by atoms with Gasteiger partial charge in [-0.25, -0.2) is 4.39 Å². The Kier molecular flexibility index (Phi) is 7.75. The summed E-state index contributed by atoms with van der Waals surface area (Å²) in [6.07, 6.45) is 1.72. The van der Waals surface area contributed by atoms with E-state index in [2.05, 4.69) is 31.5 Å². The number of ether oxygens (including phenoxy) is 1. The predicted octanol–water partition coefficient (Wildman–Crippen LogP) is 6.66. The molecule has 1 aliphatic rings. The van der Waals surface area contributed by atoms with E-state index in [0.29, 0.717) is 43.1 Å². The number of hydrogen-bond donors (Lipinski definition) is 2. The monoisotopic (exact) mass is 614 g/mol. The summed E-state index contributed by atoms with van der Waals surface area (Å²) in [6, 6.07) is 18.3. The molecule has 5 rings (SSSR count). The van der Waals surface area contributed by atoms with Gasteiger partial charge in [0.2, 0.25) is 5.91 Å². The Labute approximate surface area is 237 Å². The third kappa shape index (κ3) is 5.30. The van der Waals surface area contributed by atoms with E-state index in [9.17, 15) is 9.18 Å². The SMILES string of the molecule is COCC(=O)Nc1ccc(N2C(=S)N[C@@H](c3ccccn3)[C@H]2c2ccc(-c3ccc(F)cc3Br)o2)cc1Cl. The van der Waals surface area contributed by atoms with Crippen LogP contribution in [0.1, 0.15) is 23.5 Å². The summed E-state index contributed by atoms with van der Waals surface area (Å²) in [5, 5.41) is 6.89. The third-order valence-electron chi connectivity index (χ3n) is 5.99. The van der Waals surface area contributed by atoms with Crippen LogP contribution < -0.4 is 15.5 Å². The highest BCUT2D eigenvalue weighted by Gasteiger charge is 2.42. The fourth-order valence-electron chi connectivity index (χ4n) is 4.34. The number of thiocarbonyl (C=S) groups is 1. The average molecular weight is 616 g/mol. The quantitative estimate of drug-likeness (QED) is 0.225. The number of furan rings is 1. The minimum Gasteiger partial charge on any atom is -0.459 e. The van der Waals surface area contributed by atoms with E-state index in [-0.39, 0.29) is 24.4 Å². The second-order valence-corrected chi connectivity index (χ2v) is 10.1. The zero-order valence-electron chi connectivity index (χ0n) is 20.0. The van der Waals surface area contributed by atoms with Crippen molar-refractivity contribution in [3.63, 3.8) is 0 Å². The van der Waals surface area contributed by atoms with Crippen molar-refractivity contribution in [3.8, 4) is 11.3 Å². The summed E-state index contributed by atoms with van der Waals surface area (Å²) < 4.78 is 25.5. The van der Waals surface area contributed by atoms with Crippen LogP contribution in [-0.4, -0.2) is 29.7 Å². The molecule has 194 valence electrons. The molecule has 0 saturated carbocycles. The molecule has 1 amide bonds. The number of halogens is 3. The average Bonchev–Trinajstić information content (AvgIpc) is 3.50. The molecule has 3 heterocycles. The number of nitrogens with zero attached hydrogens (tertiary/aromatic N) is 2. The zero-order chi connectivity index (χ0) is 26.8. The molecule has 0 unspecified atom stereocenters. The highest BCUT2D eigenvalue weighted by atomic mass is 79.9. The molecular formula is C27H21BrClFN4O3S. The number of hydrogen-bond acceptors (Lipinski definition) is 5. The number of methoxy groups -OCH3 is 1. The fraction of sp³-hybridized carbons (Fsp3) is 0.148. The molecule has 0 spiro atoms. The molecule has 1 fully saturated rings. The molecule has 2 atom stereocenters. The van der Waals surface area contributed by atoms with Gasteiger partial charge < -0.3 is 24.7 Å². The maximum atomic E-state index is 13.7. The van der Waals surface area contributed by atoms with Crippen molar-refractivity contribution in [3.05, 3.63) is 99.7 Å². The molecule has 7 nitrogen and oxygen atoms in total. The maximum Gasteiger partial charge on any atom is 0.250 e. The number of amides is 1. The molecule has 1 saturated heterocycles. The molecule has 2 N–H and O–H groups in total. The van der Waals surface area contributed by atoms with Gasteiger partial charge in [-0.15, -0.1) is 0 Å². The number of nitrogens with one attached hydrogen (secondary N) is 2. The third-order valence-corrected chi connectivity index (χ3v) is 7.28. The Morgan fingerprint density at radius 3 is 2.79 bits per heavy atom. The van der Waals surface area contributed by atoms with Gasteiger partial charge in [-0.05, 0) is 88.8 Å². The lowest BCUT2D eigenvalue weighted by molar-refractivity contribution is -0.119. The molecule has 0 radical (unpaired) electrons. The van der Waals surface area contributed by atoms with Gasteiger partial charge in [0.15, 0.2) is 5.11 Å². The van der Waals surface area contributed by atoms with Crippen molar-refractivity contribution in [2.75, 3.05) is 23.9 Å². The van der Waals surface area contributed by atoms with Crippen LogP contribution in [0.4, 0.5) is 15.8 Å². The molecule has 38 heavy (non-hydrogen) atoms. The van der Waals surface area contributed by atoms with E-state index >= 15 is 0 Å². The fourth-order valence-corrected chi connectivity index (χ4v) is 5.45. The Morgan fingerprint density at radius 2 is 2.08 bits per heavy atom. The standard InChI is InChI=1S/C27H21BrClFN4O3S/c1-36-14-24(35)32-20-8-6-16(13-19(20)29)34-26(25(33-27(34)38)21-4-2-3-11-31-21)23-10-9-22(37-23)17-7-5-15(30)12-18(17)28/h2-13,25-26H,14H2,1H3,(H,32,35)(H,33,38)/t25-,26+/m0/s1. The Morgan fingerprint density at radius 1 is 1.24 bits per heavy atom. The Balaban J connectivity index is 1.55. The van der Waals surface area contributed by atoms with E-state index in [0.717, 1.165) is 5.69 Å². The van der Waals surface area contributed by atoms with Crippen LogP contribution in [0.3, 0.4) is 0 Å². The molecule has 2 aromatic heterocycles. The Hall–Kier alpha value is -3.31. The number of pyridine rings is 1. The molecule has 1 aliphatic heterocycles. The van der Waals surface area contributed by atoms with E-state index in [1.165, 1.54) is 19.2 Å². The predicted molar refractivity (Wildman–Crippen MR) is 152 cm³/mol. The maximum absolute atomic E-state index is 13.7. The summed E-state index contributed by atoms with van der Waals surface area (Å²) >= 11 is 15.7. The molecule has 0 bridgehead atoms. The van der Waals surface area contributed by atoms with Crippen molar-refractivity contribution < 1.29 is 18.3 Å². The number of aromatic nitrogens is 1. The summed E-state index contributed by atoms with van der Waals surface area (Å²) in [5.41, 5.74) is 2.64. The van der Waals surface area contributed by atoms with Crippen LogP contribution in [0.2, 0.25) is 5.02 Å². The van der Waals surface area contributed by atoms with E-state index in [1.807, 2.05) is 41.3 Å². The molecule has 11 heteroatoms. The lowest BCUT2D eigenvalue weighted by Crippen LogP contribution is -2.29. The first kappa shape index (κ1) is 26.3. The van der Waals surface area contributed by atoms with E-state index < -0.39 is 6.04 Å². The van der Waals surface area contributed by atoms with Crippen molar-refractivity contribution >= 4 is 62.1 Å². The number of carbonyl (C=O) groups is 1. The lowest BCUT2D eigenvalue weighted by atomic mass is 10.0. The first-order valence-electron chi connectivity index (χ1n) is 11.5. The minimum atomic E-state index is -0.421. The number of rotatable bonds is 7. The van der Waals surface area contributed by atoms with Gasteiger partial charge in [-0.2, -0.15) is 0 Å². The van der Waals surface area contributed by atoms with Gasteiger partial charge in [-0.1, -0.05) is 17.7 Å². The summed E-state index contributed by atoms with van der Waals surface area (Å²) in [4.78, 5) is 18.4. The number of anilines is 2. The zero-order valence-corrected chi connectivity index (χ0v) is 23.1. The summed E-state index contributed by atoms with van der Waals surface area (Å²) in [6.45, 7) is -0.0863. The number of carbonyl (C=O) groups excluding carboxylic acids is 1. The van der Waals surface area contributed by atoms with E-state index in [1.54, 1.807) is 24.4 Å². The van der Waals surface area contributed by atoms with Crippen molar-refractivity contribution in [1.29, 1.82) is 0 Å². The largest absolute Gasteiger partial charge is 0.459 e. The van der Waals surface area contributed by atoms with Gasteiger partial charge in [0.25, 0.3) is 0 Å². The topological polar surface area (TPSA) is 79.6 Å². The number of benzene rings is 2. The lowest BCUT2D eigenvalue weighted by Gasteiger charge is -2.26. The van der Waals surface area contributed by atoms with Crippen LogP contribution >= 0.6 is 39.7 Å². The molecule has 4 aromatic rings.